The van der Waals surface area contributed by atoms with Crippen LogP contribution < -0.4 is 0 Å². The average Bonchev–Trinajstić information content (AvgIpc) is 3.32. The van der Waals surface area contributed by atoms with Crippen LogP contribution >= 0.6 is 11.3 Å². The average molecular weight is 479 g/mol. The number of benzene rings is 1. The van der Waals surface area contributed by atoms with Crippen molar-refractivity contribution in [2.75, 3.05) is 33.4 Å². The minimum Gasteiger partial charge on any atom is -0.383 e. The number of rotatable bonds is 10. The summed E-state index contributed by atoms with van der Waals surface area (Å²) in [6.07, 6.45) is 6.73. The van der Waals surface area contributed by atoms with E-state index in [0.717, 1.165) is 50.4 Å². The third kappa shape index (κ3) is 6.50. The van der Waals surface area contributed by atoms with Gasteiger partial charge in [0.25, 0.3) is 5.91 Å². The van der Waals surface area contributed by atoms with Gasteiger partial charge >= 0.3 is 0 Å². The number of aryl methyl sites for hydroxylation is 1. The van der Waals surface area contributed by atoms with E-state index in [1.165, 1.54) is 22.5 Å². The van der Waals surface area contributed by atoms with E-state index in [1.807, 2.05) is 35.7 Å². The highest BCUT2D eigenvalue weighted by Gasteiger charge is 2.33. The second-order valence-corrected chi connectivity index (χ2v) is 10.0. The number of thiazole rings is 1. The molecule has 0 bridgehead atoms. The molecular weight excluding hydrogens is 444 g/mol. The van der Waals surface area contributed by atoms with Crippen molar-refractivity contribution in [2.45, 2.75) is 38.8 Å². The zero-order chi connectivity index (χ0) is 23.8. The molecule has 0 spiro atoms. The third-order valence-electron chi connectivity index (χ3n) is 6.66. The molecule has 4 rings (SSSR count). The van der Waals surface area contributed by atoms with Crippen LogP contribution in [-0.4, -0.2) is 65.1 Å². The molecule has 6 nitrogen and oxygen atoms in total. The summed E-state index contributed by atoms with van der Waals surface area (Å²) in [5, 5.41) is 2.81. The Morgan fingerprint density at radius 1 is 1.18 bits per heavy atom. The molecule has 180 valence electrons. The summed E-state index contributed by atoms with van der Waals surface area (Å²) >= 11 is 1.53. The quantitative estimate of drug-likeness (QED) is 0.431. The number of likely N-dealkylation sites (tertiary alicyclic amines) is 1. The summed E-state index contributed by atoms with van der Waals surface area (Å²) in [6.45, 7) is 5.88. The molecule has 34 heavy (non-hydrogen) atoms. The molecule has 1 atom stereocenters. The minimum atomic E-state index is 0.0639. The van der Waals surface area contributed by atoms with E-state index in [2.05, 4.69) is 51.3 Å². The molecule has 0 unspecified atom stereocenters. The van der Waals surface area contributed by atoms with Crippen LogP contribution in [0.15, 0.2) is 60.2 Å². The van der Waals surface area contributed by atoms with Gasteiger partial charge in [0.05, 0.1) is 11.6 Å². The van der Waals surface area contributed by atoms with Crippen LogP contribution in [0.4, 0.5) is 0 Å². The lowest BCUT2D eigenvalue weighted by molar-refractivity contribution is 0.0482. The lowest BCUT2D eigenvalue weighted by Crippen LogP contribution is -2.48. The fraction of sp³-hybridized carbons (Fsp3) is 0.444. The largest absolute Gasteiger partial charge is 0.383 e. The van der Waals surface area contributed by atoms with Gasteiger partial charge in [-0.05, 0) is 49.3 Å². The molecule has 2 aromatic heterocycles. The maximum atomic E-state index is 12.9. The van der Waals surface area contributed by atoms with Gasteiger partial charge < -0.3 is 9.64 Å². The SMILES string of the molecule is COCCN(Cc1cccnc1)[C@H](Cc1ccccc1)C1CCN(C(=O)c2csc(C)n2)CC1. The van der Waals surface area contributed by atoms with E-state index >= 15 is 0 Å². The van der Waals surface area contributed by atoms with Gasteiger partial charge in [-0.1, -0.05) is 36.4 Å². The van der Waals surface area contributed by atoms with E-state index in [0.29, 0.717) is 24.3 Å². The number of hydrogen-bond donors (Lipinski definition) is 0. The van der Waals surface area contributed by atoms with Gasteiger partial charge in [0.2, 0.25) is 0 Å². The minimum absolute atomic E-state index is 0.0639. The maximum absolute atomic E-state index is 12.9. The standard InChI is InChI=1S/C27H34N4O2S/c1-21-29-25(20-34-21)27(32)30-13-10-24(11-14-30)26(17-22-7-4-3-5-8-22)31(15-16-33-2)19-23-9-6-12-28-18-23/h3-9,12,18,20,24,26H,10-11,13-17,19H2,1-2H3/t26-/m1/s1. The van der Waals surface area contributed by atoms with Gasteiger partial charge in [0.15, 0.2) is 0 Å². The maximum Gasteiger partial charge on any atom is 0.273 e. The number of piperidine rings is 1. The number of methoxy groups -OCH3 is 1. The van der Waals surface area contributed by atoms with E-state index in [1.54, 1.807) is 7.11 Å². The first kappa shape index (κ1) is 24.5. The van der Waals surface area contributed by atoms with E-state index in [-0.39, 0.29) is 5.91 Å². The molecule has 1 aliphatic heterocycles. The van der Waals surface area contributed by atoms with Crippen molar-refractivity contribution in [3.05, 3.63) is 82.1 Å². The van der Waals surface area contributed by atoms with Crippen molar-refractivity contribution in [1.82, 2.24) is 19.8 Å². The first-order valence-electron chi connectivity index (χ1n) is 12.0. The molecule has 7 heteroatoms. The number of hydrogen-bond acceptors (Lipinski definition) is 6. The van der Waals surface area contributed by atoms with Crippen LogP contribution in [0.5, 0.6) is 0 Å². The Labute approximate surface area is 206 Å². The summed E-state index contributed by atoms with van der Waals surface area (Å²) in [5.74, 6) is 0.559. The number of carbonyl (C=O) groups is 1. The van der Waals surface area contributed by atoms with Crippen LogP contribution in [0, 0.1) is 12.8 Å². The molecule has 3 aromatic rings. The highest BCUT2D eigenvalue weighted by molar-refractivity contribution is 7.09. The number of nitrogens with zero attached hydrogens (tertiary/aromatic N) is 4. The summed E-state index contributed by atoms with van der Waals surface area (Å²) in [5.41, 5.74) is 3.14. The number of ether oxygens (including phenoxy) is 1. The monoisotopic (exact) mass is 478 g/mol. The highest BCUT2D eigenvalue weighted by atomic mass is 32.1. The van der Waals surface area contributed by atoms with Crippen LogP contribution in [-0.2, 0) is 17.7 Å². The zero-order valence-corrected chi connectivity index (χ0v) is 20.9. The van der Waals surface area contributed by atoms with Gasteiger partial charge in [0.1, 0.15) is 5.69 Å². The second kappa shape index (κ2) is 12.2. The van der Waals surface area contributed by atoms with Crippen LogP contribution in [0.1, 0.15) is 39.5 Å². The van der Waals surface area contributed by atoms with Gasteiger partial charge in [-0.2, -0.15) is 0 Å². The summed E-state index contributed by atoms with van der Waals surface area (Å²) in [4.78, 5) is 26.2. The van der Waals surface area contributed by atoms with Crippen LogP contribution in [0.2, 0.25) is 0 Å². The number of amides is 1. The molecule has 1 fully saturated rings. The van der Waals surface area contributed by atoms with Crippen molar-refractivity contribution in [1.29, 1.82) is 0 Å². The van der Waals surface area contributed by atoms with Crippen LogP contribution in [0.3, 0.4) is 0 Å². The summed E-state index contributed by atoms with van der Waals surface area (Å²) in [6, 6.07) is 15.2. The first-order chi connectivity index (χ1) is 16.6. The third-order valence-corrected chi connectivity index (χ3v) is 7.43. The Hall–Kier alpha value is -2.61. The molecule has 0 N–H and O–H groups in total. The molecule has 1 aliphatic rings. The Morgan fingerprint density at radius 2 is 1.94 bits per heavy atom. The summed E-state index contributed by atoms with van der Waals surface area (Å²) in [7, 11) is 1.76. The molecular formula is C27H34N4O2S. The van der Waals surface area contributed by atoms with Gasteiger partial charge in [-0.15, -0.1) is 11.3 Å². The Bertz CT molecular complexity index is 1020. The fourth-order valence-electron chi connectivity index (χ4n) is 4.86. The first-order valence-corrected chi connectivity index (χ1v) is 12.9. The van der Waals surface area contributed by atoms with E-state index in [9.17, 15) is 4.79 Å². The Kier molecular flexibility index (Phi) is 8.79. The Morgan fingerprint density at radius 3 is 2.59 bits per heavy atom. The normalized spacial score (nSPS) is 15.6. The van der Waals surface area contributed by atoms with Gasteiger partial charge in [-0.3, -0.25) is 14.7 Å². The molecule has 0 aliphatic carbocycles. The predicted octanol–water partition coefficient (Wildman–Crippen LogP) is 4.46. The molecule has 3 heterocycles. The molecule has 1 aromatic carbocycles. The fourth-order valence-corrected chi connectivity index (χ4v) is 5.44. The zero-order valence-electron chi connectivity index (χ0n) is 20.1. The van der Waals surface area contributed by atoms with Crippen molar-refractivity contribution in [2.24, 2.45) is 5.92 Å². The molecule has 0 radical (unpaired) electrons. The molecule has 1 amide bonds. The van der Waals surface area contributed by atoms with Crippen LogP contribution in [0.25, 0.3) is 0 Å². The van der Waals surface area contributed by atoms with Gasteiger partial charge in [-0.25, -0.2) is 4.98 Å². The Balaban J connectivity index is 1.50. The smallest absolute Gasteiger partial charge is 0.273 e. The van der Waals surface area contributed by atoms with E-state index in [4.69, 9.17) is 4.74 Å². The molecule has 0 saturated carbocycles. The van der Waals surface area contributed by atoms with Crippen molar-refractivity contribution < 1.29 is 9.53 Å². The summed E-state index contributed by atoms with van der Waals surface area (Å²) < 4.78 is 5.48. The number of aromatic nitrogens is 2. The lowest BCUT2D eigenvalue weighted by atomic mass is 9.84. The van der Waals surface area contributed by atoms with Crippen molar-refractivity contribution >= 4 is 17.2 Å². The van der Waals surface area contributed by atoms with Crippen molar-refractivity contribution in [3.8, 4) is 0 Å². The highest BCUT2D eigenvalue weighted by Crippen LogP contribution is 2.29. The number of carbonyl (C=O) groups excluding carboxylic acids is 1. The van der Waals surface area contributed by atoms with Crippen molar-refractivity contribution in [3.63, 3.8) is 0 Å². The lowest BCUT2D eigenvalue weighted by Gasteiger charge is -2.41. The van der Waals surface area contributed by atoms with E-state index < -0.39 is 0 Å². The predicted molar refractivity (Wildman–Crippen MR) is 136 cm³/mol. The topological polar surface area (TPSA) is 58.6 Å². The van der Waals surface area contributed by atoms with Gasteiger partial charge in [0, 0.05) is 57.1 Å². The molecule has 1 saturated heterocycles. The number of pyridine rings is 1. The second-order valence-electron chi connectivity index (χ2n) is 8.96.